The fraction of sp³-hybridized carbons (Fsp3) is 0.455. The van der Waals surface area contributed by atoms with Crippen LogP contribution in [0.3, 0.4) is 0 Å². The highest BCUT2D eigenvalue weighted by Crippen LogP contribution is 2.42. The van der Waals surface area contributed by atoms with Crippen molar-refractivity contribution in [3.63, 3.8) is 0 Å². The van der Waals surface area contributed by atoms with E-state index in [-0.39, 0.29) is 35.6 Å². The number of likely N-dealkylation sites (tertiary alicyclic amines) is 1. The molecule has 4 heterocycles. The van der Waals surface area contributed by atoms with E-state index in [0.29, 0.717) is 17.0 Å². The number of carbonyl (C=O) groups excluding carboxylic acids is 1. The Hall–Kier alpha value is -2.83. The maximum atomic E-state index is 14.8. The van der Waals surface area contributed by atoms with E-state index in [9.17, 15) is 26.7 Å². The van der Waals surface area contributed by atoms with Gasteiger partial charge in [-0.2, -0.15) is 23.3 Å². The molecule has 0 spiro atoms. The molecule has 0 bridgehead atoms. The molecule has 1 amide bonds. The number of ether oxygens (including phenoxy) is 1. The normalized spacial score (nSPS) is 22.1. The van der Waals surface area contributed by atoms with Crippen LogP contribution >= 0.6 is 15.9 Å². The predicted octanol–water partition coefficient (Wildman–Crippen LogP) is 4.42. The zero-order valence-corrected chi connectivity index (χ0v) is 19.9. The molecule has 35 heavy (non-hydrogen) atoms. The van der Waals surface area contributed by atoms with Crippen molar-refractivity contribution in [2.24, 2.45) is 5.92 Å². The molecule has 0 saturated carbocycles. The number of alkyl halides is 5. The second kappa shape index (κ2) is 8.38. The van der Waals surface area contributed by atoms with Gasteiger partial charge in [-0.1, -0.05) is 15.9 Å². The molecule has 2 aliphatic rings. The van der Waals surface area contributed by atoms with Crippen LogP contribution in [0.15, 0.2) is 29.0 Å². The second-order valence-electron chi connectivity index (χ2n) is 8.92. The van der Waals surface area contributed by atoms with Crippen molar-refractivity contribution in [1.29, 1.82) is 0 Å². The quantitative estimate of drug-likeness (QED) is 0.435. The number of piperidine rings is 1. The van der Waals surface area contributed by atoms with E-state index in [4.69, 9.17) is 4.74 Å². The molecule has 0 N–H and O–H groups in total. The Balaban J connectivity index is 1.40. The molecule has 1 aromatic carbocycles. The molecule has 0 radical (unpaired) electrons. The van der Waals surface area contributed by atoms with Gasteiger partial charge in [0.15, 0.2) is 0 Å². The number of fused-ring (bicyclic) bond motifs is 2. The third-order valence-electron chi connectivity index (χ3n) is 6.26. The molecule has 7 nitrogen and oxygen atoms in total. The van der Waals surface area contributed by atoms with Gasteiger partial charge in [-0.05, 0) is 37.1 Å². The van der Waals surface area contributed by atoms with E-state index in [1.807, 2.05) is 0 Å². The van der Waals surface area contributed by atoms with Gasteiger partial charge in [0, 0.05) is 29.1 Å². The molecule has 1 saturated heterocycles. The van der Waals surface area contributed by atoms with Crippen LogP contribution in [0.2, 0.25) is 0 Å². The molecule has 3 aromatic rings. The van der Waals surface area contributed by atoms with Crippen molar-refractivity contribution in [2.75, 3.05) is 19.7 Å². The number of amides is 1. The first-order chi connectivity index (χ1) is 16.4. The lowest BCUT2D eigenvalue weighted by Crippen LogP contribution is -2.52. The van der Waals surface area contributed by atoms with Gasteiger partial charge in [0.1, 0.15) is 18.7 Å². The lowest BCUT2D eigenvalue weighted by atomic mass is 9.89. The van der Waals surface area contributed by atoms with E-state index in [2.05, 4.69) is 31.0 Å². The molecular weight excluding hydrogens is 541 g/mol. The maximum Gasteiger partial charge on any atom is 0.417 e. The van der Waals surface area contributed by atoms with Gasteiger partial charge in [0.2, 0.25) is 5.91 Å². The van der Waals surface area contributed by atoms with Crippen LogP contribution in [0.1, 0.15) is 34.9 Å². The van der Waals surface area contributed by atoms with Crippen molar-refractivity contribution in [2.45, 2.75) is 37.8 Å². The number of rotatable bonds is 2. The fourth-order valence-corrected chi connectivity index (χ4v) is 5.37. The lowest BCUT2D eigenvalue weighted by molar-refractivity contribution is -0.148. The van der Waals surface area contributed by atoms with Crippen molar-refractivity contribution >= 4 is 27.6 Å². The Bertz CT molecular complexity index is 1310. The molecule has 5 rings (SSSR count). The van der Waals surface area contributed by atoms with Crippen molar-refractivity contribution < 1.29 is 31.5 Å². The first-order valence-corrected chi connectivity index (χ1v) is 11.6. The summed E-state index contributed by atoms with van der Waals surface area (Å²) in [4.78, 5) is 22.7. The predicted molar refractivity (Wildman–Crippen MR) is 116 cm³/mol. The lowest BCUT2D eigenvalue weighted by Gasteiger charge is -2.39. The Labute approximate surface area is 204 Å². The molecule has 0 aliphatic carbocycles. The number of nitrogens with zero attached hydrogens (tertiary/aromatic N) is 5. The van der Waals surface area contributed by atoms with Crippen LogP contribution in [0.25, 0.3) is 5.78 Å². The third-order valence-corrected chi connectivity index (χ3v) is 6.91. The molecule has 2 atom stereocenters. The van der Waals surface area contributed by atoms with Gasteiger partial charge in [-0.25, -0.2) is 18.3 Å². The summed E-state index contributed by atoms with van der Waals surface area (Å²) >= 11 is 2.93. The van der Waals surface area contributed by atoms with Crippen LogP contribution in [0.5, 0.6) is 5.75 Å². The first-order valence-electron chi connectivity index (χ1n) is 10.8. The summed E-state index contributed by atoms with van der Waals surface area (Å²) in [5.74, 6) is -4.86. The van der Waals surface area contributed by atoms with E-state index in [0.717, 1.165) is 11.0 Å². The highest BCUT2D eigenvalue weighted by Gasteiger charge is 2.45. The summed E-state index contributed by atoms with van der Waals surface area (Å²) in [5.41, 5.74) is 0.597. The van der Waals surface area contributed by atoms with E-state index < -0.39 is 48.4 Å². The number of hydrogen-bond acceptors (Lipinski definition) is 5. The van der Waals surface area contributed by atoms with Crippen LogP contribution in [0, 0.1) is 12.8 Å². The summed E-state index contributed by atoms with van der Waals surface area (Å²) in [6.45, 7) is 0.820. The number of aryl methyl sites for hydroxylation is 1. The average Bonchev–Trinajstić information content (AvgIpc) is 3.23. The second-order valence-corrected chi connectivity index (χ2v) is 9.77. The monoisotopic (exact) mass is 559 g/mol. The Morgan fingerprint density at radius 1 is 1.26 bits per heavy atom. The largest absolute Gasteiger partial charge is 0.492 e. The molecule has 186 valence electrons. The average molecular weight is 560 g/mol. The third kappa shape index (κ3) is 4.57. The van der Waals surface area contributed by atoms with Gasteiger partial charge < -0.3 is 9.64 Å². The Kier molecular flexibility index (Phi) is 5.72. The first kappa shape index (κ1) is 23.9. The van der Waals surface area contributed by atoms with Crippen molar-refractivity contribution in [3.05, 3.63) is 51.5 Å². The molecule has 2 aliphatic heterocycles. The number of aromatic nitrogens is 4. The molecule has 2 aromatic heterocycles. The standard InChI is InChI=1S/C22H19BrF5N5O2/c1-11-2-17(33-20(31-11)29-10-30-33)14-6-21(24,25)9-32(7-14)19(34)13-3-12-4-16(23)15(22(26,27)28)5-18(12)35-8-13/h2,4-5,10,13-14H,3,6-9H2,1H3. The number of carbonyl (C=O) groups is 1. The topological polar surface area (TPSA) is 72.6 Å². The minimum atomic E-state index is -4.57. The number of hydrogen-bond donors (Lipinski definition) is 0. The molecular formula is C22H19BrF5N5O2. The Morgan fingerprint density at radius 2 is 2.03 bits per heavy atom. The van der Waals surface area contributed by atoms with Gasteiger partial charge in [0.25, 0.3) is 11.7 Å². The summed E-state index contributed by atoms with van der Waals surface area (Å²) in [6.07, 6.45) is -3.67. The highest BCUT2D eigenvalue weighted by molar-refractivity contribution is 9.10. The summed E-state index contributed by atoms with van der Waals surface area (Å²) in [7, 11) is 0. The minimum absolute atomic E-state index is 0.0345. The molecule has 13 heteroatoms. The van der Waals surface area contributed by atoms with Gasteiger partial charge >= 0.3 is 6.18 Å². The smallest absolute Gasteiger partial charge is 0.417 e. The maximum absolute atomic E-state index is 14.8. The van der Waals surface area contributed by atoms with Crippen LogP contribution < -0.4 is 4.74 Å². The zero-order chi connectivity index (χ0) is 25.1. The van der Waals surface area contributed by atoms with Crippen LogP contribution in [0.4, 0.5) is 22.0 Å². The Morgan fingerprint density at radius 3 is 2.77 bits per heavy atom. The number of benzene rings is 1. The summed E-state index contributed by atoms with van der Waals surface area (Å²) in [6, 6.07) is 3.82. The summed E-state index contributed by atoms with van der Waals surface area (Å²) in [5, 5.41) is 4.09. The van der Waals surface area contributed by atoms with Crippen LogP contribution in [-0.2, 0) is 17.4 Å². The van der Waals surface area contributed by atoms with E-state index in [1.54, 1.807) is 13.0 Å². The van der Waals surface area contributed by atoms with Gasteiger partial charge in [-0.15, -0.1) is 0 Å². The van der Waals surface area contributed by atoms with E-state index >= 15 is 0 Å². The SMILES string of the molecule is Cc1cc(C2CN(C(=O)C3COc4cc(C(F)(F)F)c(Br)cc4C3)CC(F)(F)C2)n2ncnc2n1. The zero-order valence-electron chi connectivity index (χ0n) is 18.3. The molecule has 1 fully saturated rings. The van der Waals surface area contributed by atoms with Gasteiger partial charge in [0.05, 0.1) is 23.7 Å². The van der Waals surface area contributed by atoms with Crippen molar-refractivity contribution in [1.82, 2.24) is 24.5 Å². The fourth-order valence-electron chi connectivity index (χ4n) is 4.75. The van der Waals surface area contributed by atoms with Gasteiger partial charge in [-0.3, -0.25) is 4.79 Å². The summed E-state index contributed by atoms with van der Waals surface area (Å²) < 4.78 is 75.9. The molecule has 2 unspecified atom stereocenters. The minimum Gasteiger partial charge on any atom is -0.492 e. The van der Waals surface area contributed by atoms with Crippen LogP contribution in [-0.4, -0.2) is 56.0 Å². The van der Waals surface area contributed by atoms with E-state index in [1.165, 1.54) is 16.9 Å². The highest BCUT2D eigenvalue weighted by atomic mass is 79.9. The van der Waals surface area contributed by atoms with Crippen molar-refractivity contribution in [3.8, 4) is 5.75 Å². The number of halogens is 6.